The predicted molar refractivity (Wildman–Crippen MR) is 143 cm³/mol. The molecule has 196 valence electrons. The highest BCUT2D eigenvalue weighted by Gasteiger charge is 2.27. The van der Waals surface area contributed by atoms with Gasteiger partial charge in [0, 0.05) is 24.2 Å². The van der Waals surface area contributed by atoms with Crippen LogP contribution in [-0.2, 0) is 9.59 Å². The Balaban J connectivity index is 1.10. The molecule has 4 nitrogen and oxygen atoms in total. The van der Waals surface area contributed by atoms with Crippen molar-refractivity contribution in [2.75, 3.05) is 0 Å². The Bertz CT molecular complexity index is 992. The van der Waals surface area contributed by atoms with E-state index in [0.29, 0.717) is 11.8 Å². The van der Waals surface area contributed by atoms with Gasteiger partial charge in [0.1, 0.15) is 11.6 Å². The van der Waals surface area contributed by atoms with Crippen molar-refractivity contribution >= 4 is 24.0 Å². The summed E-state index contributed by atoms with van der Waals surface area (Å²) in [6, 6.07) is 12.6. The molecule has 2 N–H and O–H groups in total. The van der Waals surface area contributed by atoms with E-state index in [2.05, 4.69) is 10.6 Å². The van der Waals surface area contributed by atoms with Crippen LogP contribution in [0.3, 0.4) is 0 Å². The lowest BCUT2D eigenvalue weighted by Gasteiger charge is -2.34. The van der Waals surface area contributed by atoms with Crippen LogP contribution in [0.4, 0.5) is 8.78 Å². The fourth-order valence-corrected chi connectivity index (χ4v) is 5.55. The van der Waals surface area contributed by atoms with Gasteiger partial charge >= 0.3 is 0 Å². The van der Waals surface area contributed by atoms with E-state index in [1.807, 2.05) is 0 Å². The van der Waals surface area contributed by atoms with Gasteiger partial charge in [-0.25, -0.2) is 8.78 Å². The Hall–Kier alpha value is -3.28. The average molecular weight is 507 g/mol. The molecule has 2 aliphatic rings. The van der Waals surface area contributed by atoms with Gasteiger partial charge in [-0.1, -0.05) is 24.3 Å². The van der Waals surface area contributed by atoms with Crippen LogP contribution in [0.5, 0.6) is 0 Å². The van der Waals surface area contributed by atoms with Gasteiger partial charge in [0.05, 0.1) is 0 Å². The van der Waals surface area contributed by atoms with E-state index < -0.39 is 0 Å². The van der Waals surface area contributed by atoms with Crippen LogP contribution in [0.2, 0.25) is 0 Å². The number of nitrogens with one attached hydrogen (secondary N) is 2. The zero-order chi connectivity index (χ0) is 26.0. The highest BCUT2D eigenvalue weighted by atomic mass is 19.1. The lowest BCUT2D eigenvalue weighted by molar-refractivity contribution is -0.118. The van der Waals surface area contributed by atoms with E-state index in [-0.39, 0.29) is 35.5 Å². The Morgan fingerprint density at radius 1 is 0.622 bits per heavy atom. The van der Waals surface area contributed by atoms with Gasteiger partial charge in [-0.05, 0) is 117 Å². The van der Waals surface area contributed by atoms with Crippen molar-refractivity contribution in [2.24, 2.45) is 11.8 Å². The first-order valence-corrected chi connectivity index (χ1v) is 13.4. The minimum atomic E-state index is -0.286. The SMILES string of the molecule is O=C(C=Cc1ccc(F)cc1)NC1CCC(CC2CCC(NC(=O)C=Cc3ccc(F)cc3)CC2)CC1. The Labute approximate surface area is 218 Å². The first kappa shape index (κ1) is 26.8. The van der Waals surface area contributed by atoms with Gasteiger partial charge in [0.25, 0.3) is 0 Å². The third kappa shape index (κ3) is 8.96. The standard InChI is InChI=1S/C31H36F2N2O2/c32-26-11-1-22(2-12-26)9-19-30(36)34-28-15-5-24(6-16-28)21-25-7-17-29(18-8-25)35-31(37)20-10-23-3-13-27(33)14-4-23/h1-4,9-14,19-20,24-25,28-29H,5-8,15-18,21H2,(H,34,36)(H,35,37). The van der Waals surface area contributed by atoms with E-state index in [1.54, 1.807) is 36.4 Å². The van der Waals surface area contributed by atoms with Crippen molar-refractivity contribution in [3.05, 3.63) is 83.4 Å². The van der Waals surface area contributed by atoms with Crippen molar-refractivity contribution in [1.82, 2.24) is 10.6 Å². The first-order valence-electron chi connectivity index (χ1n) is 13.4. The maximum atomic E-state index is 13.0. The second kappa shape index (κ2) is 13.3. The van der Waals surface area contributed by atoms with Gasteiger partial charge < -0.3 is 10.6 Å². The molecule has 2 fully saturated rings. The molecule has 6 heteroatoms. The smallest absolute Gasteiger partial charge is 0.244 e. The maximum absolute atomic E-state index is 13.0. The second-order valence-corrected chi connectivity index (χ2v) is 10.5. The van der Waals surface area contributed by atoms with Crippen LogP contribution in [0, 0.1) is 23.5 Å². The molecule has 0 radical (unpaired) electrons. The summed E-state index contributed by atoms with van der Waals surface area (Å²) >= 11 is 0. The number of carbonyl (C=O) groups excluding carboxylic acids is 2. The van der Waals surface area contributed by atoms with Gasteiger partial charge in [-0.15, -0.1) is 0 Å². The quantitative estimate of drug-likeness (QED) is 0.405. The third-order valence-corrected chi connectivity index (χ3v) is 7.65. The van der Waals surface area contributed by atoms with Crippen LogP contribution >= 0.6 is 0 Å². The van der Waals surface area contributed by atoms with E-state index in [4.69, 9.17) is 0 Å². The molecule has 4 rings (SSSR count). The molecule has 0 spiro atoms. The van der Waals surface area contributed by atoms with Crippen LogP contribution in [0.1, 0.15) is 68.9 Å². The molecule has 0 aliphatic heterocycles. The highest BCUT2D eigenvalue weighted by molar-refractivity contribution is 5.92. The van der Waals surface area contributed by atoms with Crippen molar-refractivity contribution in [1.29, 1.82) is 0 Å². The van der Waals surface area contributed by atoms with Crippen molar-refractivity contribution in [3.63, 3.8) is 0 Å². The van der Waals surface area contributed by atoms with Crippen LogP contribution < -0.4 is 10.6 Å². The Kier molecular flexibility index (Phi) is 9.64. The van der Waals surface area contributed by atoms with Gasteiger partial charge in [-0.3, -0.25) is 9.59 Å². The topological polar surface area (TPSA) is 58.2 Å². The van der Waals surface area contributed by atoms with E-state index in [1.165, 1.54) is 42.8 Å². The molecule has 0 unspecified atom stereocenters. The minimum Gasteiger partial charge on any atom is -0.350 e. The first-order chi connectivity index (χ1) is 17.9. The molecule has 2 aliphatic carbocycles. The van der Waals surface area contributed by atoms with Gasteiger partial charge in [-0.2, -0.15) is 0 Å². The summed E-state index contributed by atoms with van der Waals surface area (Å²) in [6.07, 6.45) is 16.3. The summed E-state index contributed by atoms with van der Waals surface area (Å²) in [5, 5.41) is 6.22. The molecule has 37 heavy (non-hydrogen) atoms. The number of halogens is 2. The maximum Gasteiger partial charge on any atom is 0.244 e. The van der Waals surface area contributed by atoms with E-state index in [9.17, 15) is 18.4 Å². The molecule has 0 saturated heterocycles. The molecule has 0 aromatic heterocycles. The molecule has 2 saturated carbocycles. The number of hydrogen-bond acceptors (Lipinski definition) is 2. The molecule has 2 amide bonds. The predicted octanol–water partition coefficient (Wildman–Crippen LogP) is 6.43. The summed E-state index contributed by atoms with van der Waals surface area (Å²) in [7, 11) is 0. The van der Waals surface area contributed by atoms with Crippen LogP contribution in [-0.4, -0.2) is 23.9 Å². The summed E-state index contributed by atoms with van der Waals surface area (Å²) in [4.78, 5) is 24.5. The molecule has 2 aromatic rings. The summed E-state index contributed by atoms with van der Waals surface area (Å²) < 4.78 is 26.0. The van der Waals surface area contributed by atoms with Gasteiger partial charge in [0.15, 0.2) is 0 Å². The lowest BCUT2D eigenvalue weighted by atomic mass is 9.75. The zero-order valence-electron chi connectivity index (χ0n) is 21.2. The summed E-state index contributed by atoms with van der Waals surface area (Å²) in [6.45, 7) is 0. The fourth-order valence-electron chi connectivity index (χ4n) is 5.55. The summed E-state index contributed by atoms with van der Waals surface area (Å²) in [5.41, 5.74) is 1.60. The number of amides is 2. The van der Waals surface area contributed by atoms with Crippen molar-refractivity contribution in [2.45, 2.75) is 69.9 Å². The molecular weight excluding hydrogens is 470 g/mol. The largest absolute Gasteiger partial charge is 0.350 e. The lowest BCUT2D eigenvalue weighted by Crippen LogP contribution is -2.38. The van der Waals surface area contributed by atoms with Crippen molar-refractivity contribution in [3.8, 4) is 0 Å². The van der Waals surface area contributed by atoms with E-state index >= 15 is 0 Å². The Morgan fingerprint density at radius 2 is 0.973 bits per heavy atom. The monoisotopic (exact) mass is 506 g/mol. The molecular formula is C31H36F2N2O2. The molecule has 0 bridgehead atoms. The third-order valence-electron chi connectivity index (χ3n) is 7.65. The zero-order valence-corrected chi connectivity index (χ0v) is 21.2. The molecule has 0 atom stereocenters. The highest BCUT2D eigenvalue weighted by Crippen LogP contribution is 2.35. The van der Waals surface area contributed by atoms with E-state index in [0.717, 1.165) is 62.5 Å². The second-order valence-electron chi connectivity index (χ2n) is 10.5. The summed E-state index contributed by atoms with van der Waals surface area (Å²) in [5.74, 6) is 0.646. The molecule has 2 aromatic carbocycles. The molecule has 0 heterocycles. The minimum absolute atomic E-state index is 0.0966. The van der Waals surface area contributed by atoms with Crippen LogP contribution in [0.25, 0.3) is 12.2 Å². The van der Waals surface area contributed by atoms with Crippen LogP contribution in [0.15, 0.2) is 60.7 Å². The Morgan fingerprint density at radius 3 is 1.32 bits per heavy atom. The normalized spacial score (nSPS) is 24.3. The fraction of sp³-hybridized carbons (Fsp3) is 0.419. The number of rotatable bonds is 8. The number of hydrogen-bond donors (Lipinski definition) is 2. The number of benzene rings is 2. The van der Waals surface area contributed by atoms with Crippen molar-refractivity contribution < 1.29 is 18.4 Å². The number of carbonyl (C=O) groups is 2. The average Bonchev–Trinajstić information content (AvgIpc) is 2.90. The van der Waals surface area contributed by atoms with Gasteiger partial charge in [0.2, 0.25) is 11.8 Å².